The largest absolute Gasteiger partial charge is 0.388 e. The SMILES string of the molecule is C[C@]12CCC(=O)C(Cl)C1CC[C@@H]1[C@@H]2C(=O)C[C@@]2(C)[C@H]1CC[C@]2(O)C(=O)CO. The van der Waals surface area contributed by atoms with E-state index in [9.17, 15) is 24.6 Å². The lowest BCUT2D eigenvalue weighted by Crippen LogP contribution is -2.63. The van der Waals surface area contributed by atoms with Crippen LogP contribution in [0.15, 0.2) is 0 Å². The molecule has 8 atom stereocenters. The number of hydrogen-bond acceptors (Lipinski definition) is 5. The minimum absolute atomic E-state index is 0.0225. The maximum Gasteiger partial charge on any atom is 0.190 e. The van der Waals surface area contributed by atoms with E-state index in [4.69, 9.17) is 11.6 Å². The van der Waals surface area contributed by atoms with E-state index in [1.54, 1.807) is 0 Å². The first kappa shape index (κ1) is 19.5. The summed E-state index contributed by atoms with van der Waals surface area (Å²) >= 11 is 6.48. The van der Waals surface area contributed by atoms with Crippen LogP contribution in [0.1, 0.15) is 58.8 Å². The highest BCUT2D eigenvalue weighted by atomic mass is 35.5. The highest BCUT2D eigenvalue weighted by Crippen LogP contribution is 2.67. The van der Waals surface area contributed by atoms with Crippen molar-refractivity contribution < 1.29 is 24.6 Å². The zero-order valence-electron chi connectivity index (χ0n) is 16.0. The van der Waals surface area contributed by atoms with E-state index in [0.29, 0.717) is 25.7 Å². The summed E-state index contributed by atoms with van der Waals surface area (Å²) in [4.78, 5) is 37.9. The lowest BCUT2D eigenvalue weighted by molar-refractivity contribution is -0.178. The van der Waals surface area contributed by atoms with E-state index in [0.717, 1.165) is 12.8 Å². The van der Waals surface area contributed by atoms with Crippen molar-refractivity contribution >= 4 is 29.0 Å². The molecule has 0 aliphatic heterocycles. The molecule has 0 spiro atoms. The van der Waals surface area contributed by atoms with Gasteiger partial charge in [-0.2, -0.15) is 0 Å². The summed E-state index contributed by atoms with van der Waals surface area (Å²) in [6.45, 7) is 3.28. The molecule has 0 aromatic heterocycles. The van der Waals surface area contributed by atoms with Gasteiger partial charge in [0.15, 0.2) is 11.6 Å². The molecule has 0 aromatic carbocycles. The molecule has 27 heavy (non-hydrogen) atoms. The summed E-state index contributed by atoms with van der Waals surface area (Å²) in [6.07, 6.45) is 3.88. The molecule has 0 heterocycles. The standard InChI is InChI=1S/C21H29ClO5/c1-19-7-6-14(24)18(22)13(19)4-3-11-12-5-8-21(27,16(26)10-23)20(12,2)9-15(25)17(11)19/h11-13,17-18,23,27H,3-10H2,1-2H3/t11-,12-,13?,17+,18?,19-,20-,21-/m0/s1. The maximum absolute atomic E-state index is 13.4. The minimum atomic E-state index is -1.62. The summed E-state index contributed by atoms with van der Waals surface area (Å²) in [7, 11) is 0. The predicted octanol–water partition coefficient (Wildman–Crippen LogP) is 2.29. The summed E-state index contributed by atoms with van der Waals surface area (Å²) in [5.41, 5.74) is -2.73. The van der Waals surface area contributed by atoms with E-state index < -0.39 is 28.8 Å². The van der Waals surface area contributed by atoms with Gasteiger partial charge in [0.2, 0.25) is 0 Å². The molecule has 0 saturated heterocycles. The molecule has 4 fully saturated rings. The first-order valence-electron chi connectivity index (χ1n) is 10.2. The van der Waals surface area contributed by atoms with Crippen LogP contribution in [-0.4, -0.2) is 45.1 Å². The first-order valence-corrected chi connectivity index (χ1v) is 10.6. The normalized spacial score (nSPS) is 52.1. The number of aliphatic hydroxyl groups excluding tert-OH is 1. The number of hydrogen-bond donors (Lipinski definition) is 2. The molecule has 5 nitrogen and oxygen atoms in total. The van der Waals surface area contributed by atoms with Crippen molar-refractivity contribution in [3.63, 3.8) is 0 Å². The topological polar surface area (TPSA) is 91.7 Å². The van der Waals surface area contributed by atoms with E-state index in [1.165, 1.54) is 0 Å². The van der Waals surface area contributed by atoms with Crippen molar-refractivity contribution in [3.8, 4) is 0 Å². The molecule has 0 amide bonds. The molecule has 4 aliphatic rings. The van der Waals surface area contributed by atoms with Crippen molar-refractivity contribution in [2.24, 2.45) is 34.5 Å². The average molecular weight is 397 g/mol. The lowest BCUT2D eigenvalue weighted by Gasteiger charge is -2.60. The van der Waals surface area contributed by atoms with Gasteiger partial charge in [0, 0.05) is 24.2 Å². The molecule has 4 saturated carbocycles. The van der Waals surface area contributed by atoms with Crippen LogP contribution in [0.4, 0.5) is 0 Å². The number of carbonyl (C=O) groups excluding carboxylic acids is 3. The third-order valence-electron chi connectivity index (χ3n) is 8.96. The molecule has 150 valence electrons. The number of ketones is 3. The van der Waals surface area contributed by atoms with Crippen LogP contribution >= 0.6 is 11.6 Å². The number of halogens is 1. The molecule has 4 aliphatic carbocycles. The van der Waals surface area contributed by atoms with Crippen LogP contribution in [0, 0.1) is 34.5 Å². The van der Waals surface area contributed by atoms with Gasteiger partial charge in [-0.15, -0.1) is 11.6 Å². The number of Topliss-reactive ketones (excluding diaryl/α,β-unsaturated/α-hetero) is 3. The zero-order valence-corrected chi connectivity index (χ0v) is 16.8. The van der Waals surface area contributed by atoms with Gasteiger partial charge in [-0.1, -0.05) is 13.8 Å². The van der Waals surface area contributed by atoms with Crippen LogP contribution < -0.4 is 0 Å². The van der Waals surface area contributed by atoms with E-state index >= 15 is 0 Å². The van der Waals surface area contributed by atoms with Gasteiger partial charge >= 0.3 is 0 Å². The molecular formula is C21H29ClO5. The van der Waals surface area contributed by atoms with Gasteiger partial charge in [0.25, 0.3) is 0 Å². The Bertz CT molecular complexity index is 707. The van der Waals surface area contributed by atoms with E-state index in [-0.39, 0.29) is 47.1 Å². The Balaban J connectivity index is 1.72. The molecular weight excluding hydrogens is 368 g/mol. The van der Waals surface area contributed by atoms with Crippen molar-refractivity contribution in [3.05, 3.63) is 0 Å². The Hall–Kier alpha value is -0.780. The van der Waals surface area contributed by atoms with Crippen molar-refractivity contribution in [1.29, 1.82) is 0 Å². The zero-order chi connectivity index (χ0) is 19.8. The number of fused-ring (bicyclic) bond motifs is 5. The number of carbonyl (C=O) groups is 3. The molecule has 0 bridgehead atoms. The molecule has 0 aromatic rings. The second-order valence-corrected chi connectivity index (χ2v) is 10.3. The van der Waals surface area contributed by atoms with Crippen molar-refractivity contribution in [1.82, 2.24) is 0 Å². The van der Waals surface area contributed by atoms with Gasteiger partial charge < -0.3 is 10.2 Å². The van der Waals surface area contributed by atoms with Gasteiger partial charge in [-0.3, -0.25) is 14.4 Å². The smallest absolute Gasteiger partial charge is 0.190 e. The van der Waals surface area contributed by atoms with Crippen LogP contribution in [0.25, 0.3) is 0 Å². The van der Waals surface area contributed by atoms with Gasteiger partial charge in [-0.25, -0.2) is 0 Å². The van der Waals surface area contributed by atoms with Crippen LogP contribution in [0.3, 0.4) is 0 Å². The van der Waals surface area contributed by atoms with E-state index in [2.05, 4.69) is 6.92 Å². The number of alkyl halides is 1. The second kappa shape index (κ2) is 6.11. The van der Waals surface area contributed by atoms with Crippen LogP contribution in [0.2, 0.25) is 0 Å². The monoisotopic (exact) mass is 396 g/mol. The van der Waals surface area contributed by atoms with E-state index in [1.807, 2.05) is 6.92 Å². The van der Waals surface area contributed by atoms with Gasteiger partial charge in [0.05, 0.1) is 5.38 Å². The molecule has 2 unspecified atom stereocenters. The van der Waals surface area contributed by atoms with Crippen LogP contribution in [-0.2, 0) is 14.4 Å². The fourth-order valence-corrected chi connectivity index (χ4v) is 8.03. The Morgan fingerprint density at radius 1 is 1.11 bits per heavy atom. The second-order valence-electron chi connectivity index (χ2n) is 9.85. The summed E-state index contributed by atoms with van der Waals surface area (Å²) in [6, 6.07) is 0. The van der Waals surface area contributed by atoms with Crippen molar-refractivity contribution in [2.75, 3.05) is 6.61 Å². The van der Waals surface area contributed by atoms with Gasteiger partial charge in [0.1, 0.15) is 18.0 Å². The highest BCUT2D eigenvalue weighted by Gasteiger charge is 2.69. The molecule has 4 rings (SSSR count). The quantitative estimate of drug-likeness (QED) is 0.699. The molecule has 6 heteroatoms. The first-order chi connectivity index (χ1) is 12.6. The van der Waals surface area contributed by atoms with Crippen molar-refractivity contribution in [2.45, 2.75) is 69.8 Å². The highest BCUT2D eigenvalue weighted by molar-refractivity contribution is 6.31. The third kappa shape index (κ3) is 2.34. The Labute approximate surface area is 164 Å². The maximum atomic E-state index is 13.4. The fraction of sp³-hybridized carbons (Fsp3) is 0.857. The predicted molar refractivity (Wildman–Crippen MR) is 99.2 cm³/mol. The number of aliphatic hydroxyl groups is 2. The summed E-state index contributed by atoms with van der Waals surface area (Å²) < 4.78 is 0. The Morgan fingerprint density at radius 3 is 2.48 bits per heavy atom. The summed E-state index contributed by atoms with van der Waals surface area (Å²) in [5.74, 6) is -0.336. The third-order valence-corrected chi connectivity index (χ3v) is 9.51. The summed E-state index contributed by atoms with van der Waals surface area (Å²) in [5, 5.41) is 20.0. The molecule has 2 N–H and O–H groups in total. The lowest BCUT2D eigenvalue weighted by atomic mass is 9.44. The number of rotatable bonds is 2. The average Bonchev–Trinajstić information content (AvgIpc) is 2.89. The van der Waals surface area contributed by atoms with Crippen LogP contribution in [0.5, 0.6) is 0 Å². The molecule has 0 radical (unpaired) electrons. The fourth-order valence-electron chi connectivity index (χ4n) is 7.50. The Kier molecular flexibility index (Phi) is 4.42. The Morgan fingerprint density at radius 2 is 1.81 bits per heavy atom. The van der Waals surface area contributed by atoms with Gasteiger partial charge in [-0.05, 0) is 55.3 Å². The minimum Gasteiger partial charge on any atom is -0.388 e.